The van der Waals surface area contributed by atoms with Gasteiger partial charge in [0.15, 0.2) is 0 Å². The predicted molar refractivity (Wildman–Crippen MR) is 216 cm³/mol. The van der Waals surface area contributed by atoms with Crippen molar-refractivity contribution in [3.63, 3.8) is 0 Å². The fourth-order valence-electron chi connectivity index (χ4n) is 9.41. The van der Waals surface area contributed by atoms with E-state index >= 15 is 0 Å². The average molecular weight is 653 g/mol. The van der Waals surface area contributed by atoms with E-state index in [0.29, 0.717) is 0 Å². The third-order valence-electron chi connectivity index (χ3n) is 12.2. The van der Waals surface area contributed by atoms with E-state index in [4.69, 9.17) is 0 Å². The number of rotatable bonds is 3. The van der Waals surface area contributed by atoms with Crippen molar-refractivity contribution in [3.05, 3.63) is 125 Å². The second kappa shape index (κ2) is 10.5. The lowest BCUT2D eigenvalue weighted by atomic mass is 9.33. The van der Waals surface area contributed by atoms with Gasteiger partial charge in [-0.05, 0) is 130 Å². The number of hydrogen-bond donors (Lipinski definition) is 0. The molecule has 250 valence electrons. The Morgan fingerprint density at radius 3 is 1.90 bits per heavy atom. The lowest BCUT2D eigenvalue weighted by Gasteiger charge is -2.41. The van der Waals surface area contributed by atoms with Crippen LogP contribution >= 0.6 is 0 Å². The van der Waals surface area contributed by atoms with Crippen molar-refractivity contribution >= 4 is 51.1 Å². The molecule has 5 aromatic carbocycles. The average Bonchev–Trinajstić information content (AvgIpc) is 3.73. The second-order valence-electron chi connectivity index (χ2n) is 17.7. The summed E-state index contributed by atoms with van der Waals surface area (Å²) in [6.07, 6.45) is 1.32. The molecular formula is C47H49BN2. The van der Waals surface area contributed by atoms with Gasteiger partial charge in [-0.2, -0.15) is 0 Å². The minimum atomic E-state index is 0.0398. The molecule has 3 aliphatic rings. The minimum absolute atomic E-state index is 0.0398. The molecule has 0 bridgehead atoms. The second-order valence-corrected chi connectivity index (χ2v) is 17.7. The van der Waals surface area contributed by atoms with E-state index in [1.165, 1.54) is 101 Å². The van der Waals surface area contributed by atoms with Gasteiger partial charge < -0.3 is 9.47 Å². The molecule has 1 saturated carbocycles. The molecule has 0 saturated heterocycles. The van der Waals surface area contributed by atoms with Gasteiger partial charge in [0.05, 0.1) is 0 Å². The van der Waals surface area contributed by atoms with E-state index < -0.39 is 0 Å². The van der Waals surface area contributed by atoms with Crippen LogP contribution in [0.15, 0.2) is 91.0 Å². The van der Waals surface area contributed by atoms with E-state index in [9.17, 15) is 0 Å². The molecule has 1 unspecified atom stereocenters. The summed E-state index contributed by atoms with van der Waals surface area (Å²) in [5.41, 5.74) is 21.9. The number of para-hydroxylation sites is 1. The highest BCUT2D eigenvalue weighted by atomic mass is 15.2. The summed E-state index contributed by atoms with van der Waals surface area (Å²) >= 11 is 0. The van der Waals surface area contributed by atoms with Crippen LogP contribution in [0.5, 0.6) is 0 Å². The molecular weight excluding hydrogens is 603 g/mol. The van der Waals surface area contributed by atoms with Crippen molar-refractivity contribution < 1.29 is 0 Å². The summed E-state index contributed by atoms with van der Waals surface area (Å²) in [7, 11) is 0. The van der Waals surface area contributed by atoms with Crippen LogP contribution in [0.1, 0.15) is 94.3 Å². The number of hydrogen-bond acceptors (Lipinski definition) is 1. The molecule has 1 aromatic heterocycles. The number of aromatic nitrogens is 1. The first-order valence-corrected chi connectivity index (χ1v) is 18.7. The summed E-state index contributed by atoms with van der Waals surface area (Å²) < 4.78 is 2.60. The first-order valence-electron chi connectivity index (χ1n) is 18.7. The number of aryl methyl sites for hydroxylation is 2. The summed E-state index contributed by atoms with van der Waals surface area (Å²) in [6, 6.07) is 35.6. The van der Waals surface area contributed by atoms with Crippen molar-refractivity contribution in [3.8, 4) is 16.8 Å². The lowest BCUT2D eigenvalue weighted by molar-refractivity contribution is 0.590. The Kier molecular flexibility index (Phi) is 6.62. The summed E-state index contributed by atoms with van der Waals surface area (Å²) in [5, 5.41) is 1.36. The molecule has 2 nitrogen and oxygen atoms in total. The lowest BCUT2D eigenvalue weighted by Crippen LogP contribution is -2.60. The molecule has 6 aromatic rings. The zero-order valence-electron chi connectivity index (χ0n) is 31.5. The summed E-state index contributed by atoms with van der Waals surface area (Å²) in [6.45, 7) is 23.4. The van der Waals surface area contributed by atoms with Crippen LogP contribution in [0.25, 0.3) is 27.7 Å². The predicted octanol–water partition coefficient (Wildman–Crippen LogP) is 10.6. The van der Waals surface area contributed by atoms with Gasteiger partial charge in [-0.15, -0.1) is 0 Å². The van der Waals surface area contributed by atoms with Crippen molar-refractivity contribution in [1.82, 2.24) is 4.57 Å². The molecule has 0 spiro atoms. The standard InChI is InChI=1S/C47H49BN2/c1-27-25-36(27)31-23-28(2)42(29(3)24-31)43-30(4)49-40-15-12-16-41-44(40)48(37-14-11-13-35(43)45(37)49)38-26-33(47(8,9)10)19-22-39(38)50(41)34-20-17-32(18-21-34)46(5,6)7/h11-24,26-27,36H,25H2,1-10H3/t27?,36-/m0/s1. The number of nitrogens with zero attached hydrogens (tertiary/aromatic N) is 2. The zero-order chi connectivity index (χ0) is 35.0. The maximum atomic E-state index is 2.60. The van der Waals surface area contributed by atoms with Crippen molar-refractivity contribution in [2.24, 2.45) is 5.92 Å². The molecule has 1 fully saturated rings. The van der Waals surface area contributed by atoms with Crippen LogP contribution in [0, 0.1) is 26.7 Å². The SMILES string of the molecule is Cc1cc([C@H]2CC2C)cc(C)c1-c1c(C)n2c3c(cccc13)B1c3cc(C(C)(C)C)ccc3N(c3ccc(C(C)(C)C)cc3)c3cccc-2c31. The van der Waals surface area contributed by atoms with E-state index in [1.54, 1.807) is 0 Å². The van der Waals surface area contributed by atoms with Gasteiger partial charge in [-0.25, -0.2) is 0 Å². The summed E-state index contributed by atoms with van der Waals surface area (Å²) in [4.78, 5) is 2.53. The van der Waals surface area contributed by atoms with E-state index in [0.717, 1.165) is 11.8 Å². The molecule has 9 rings (SSSR count). The maximum absolute atomic E-state index is 2.60. The molecule has 0 radical (unpaired) electrons. The topological polar surface area (TPSA) is 8.17 Å². The Morgan fingerprint density at radius 1 is 0.640 bits per heavy atom. The number of fused-ring (bicyclic) bond motifs is 4. The minimum Gasteiger partial charge on any atom is -0.314 e. The fourth-order valence-corrected chi connectivity index (χ4v) is 9.41. The van der Waals surface area contributed by atoms with Crippen molar-refractivity contribution in [2.45, 2.75) is 92.4 Å². The maximum Gasteiger partial charge on any atom is 0.252 e. The number of anilines is 3. The van der Waals surface area contributed by atoms with Crippen LogP contribution in [-0.2, 0) is 10.8 Å². The zero-order valence-corrected chi connectivity index (χ0v) is 31.5. The first-order chi connectivity index (χ1) is 23.7. The molecule has 0 amide bonds. The molecule has 3 heterocycles. The van der Waals surface area contributed by atoms with Crippen molar-refractivity contribution in [2.75, 3.05) is 4.90 Å². The van der Waals surface area contributed by atoms with E-state index in [1.807, 2.05) is 0 Å². The Morgan fingerprint density at radius 2 is 1.26 bits per heavy atom. The van der Waals surface area contributed by atoms with Gasteiger partial charge in [-0.3, -0.25) is 0 Å². The van der Waals surface area contributed by atoms with Gasteiger partial charge in [0.2, 0.25) is 0 Å². The van der Waals surface area contributed by atoms with Crippen LogP contribution in [0.3, 0.4) is 0 Å². The summed E-state index contributed by atoms with van der Waals surface area (Å²) in [5.74, 6) is 1.52. The van der Waals surface area contributed by atoms with Crippen LogP contribution in [0.2, 0.25) is 0 Å². The van der Waals surface area contributed by atoms with Gasteiger partial charge in [0.25, 0.3) is 6.71 Å². The van der Waals surface area contributed by atoms with Gasteiger partial charge in [0, 0.05) is 44.9 Å². The highest BCUT2D eigenvalue weighted by molar-refractivity contribution is 7.00. The Hall–Kier alpha value is -4.50. The van der Waals surface area contributed by atoms with Crippen molar-refractivity contribution in [1.29, 1.82) is 0 Å². The quantitative estimate of drug-likeness (QED) is 0.173. The molecule has 1 aliphatic carbocycles. The van der Waals surface area contributed by atoms with Crippen LogP contribution in [0.4, 0.5) is 17.1 Å². The normalized spacial score (nSPS) is 17.6. The Balaban J connectivity index is 1.33. The third kappa shape index (κ3) is 4.48. The van der Waals surface area contributed by atoms with Gasteiger partial charge in [0.1, 0.15) is 0 Å². The molecule has 0 N–H and O–H groups in total. The van der Waals surface area contributed by atoms with E-state index in [-0.39, 0.29) is 17.5 Å². The van der Waals surface area contributed by atoms with Crippen LogP contribution < -0.4 is 21.3 Å². The smallest absolute Gasteiger partial charge is 0.252 e. The first kappa shape index (κ1) is 31.5. The third-order valence-corrected chi connectivity index (χ3v) is 12.2. The highest BCUT2D eigenvalue weighted by Crippen LogP contribution is 2.49. The highest BCUT2D eigenvalue weighted by Gasteiger charge is 2.43. The monoisotopic (exact) mass is 652 g/mol. The van der Waals surface area contributed by atoms with Crippen LogP contribution in [-0.4, -0.2) is 11.3 Å². The van der Waals surface area contributed by atoms with E-state index in [2.05, 4.69) is 170 Å². The molecule has 3 heteroatoms. The number of benzene rings is 5. The van der Waals surface area contributed by atoms with Gasteiger partial charge in [-0.1, -0.05) is 109 Å². The van der Waals surface area contributed by atoms with Gasteiger partial charge >= 0.3 is 0 Å². The Labute approximate surface area is 299 Å². The fraction of sp³-hybridized carbons (Fsp3) is 0.319. The largest absolute Gasteiger partial charge is 0.314 e. The molecule has 2 aliphatic heterocycles. The Bertz CT molecular complexity index is 2350. The molecule has 50 heavy (non-hydrogen) atoms. The molecule has 2 atom stereocenters.